The van der Waals surface area contributed by atoms with Crippen LogP contribution in [0.2, 0.25) is 0 Å². The number of aliphatic hydroxyl groups is 1. The molecule has 2 aromatic carbocycles. The van der Waals surface area contributed by atoms with Gasteiger partial charge in [0, 0.05) is 23.6 Å². The molecule has 0 spiro atoms. The van der Waals surface area contributed by atoms with Crippen molar-refractivity contribution in [3.8, 4) is 5.75 Å². The molecule has 1 aliphatic rings. The van der Waals surface area contributed by atoms with Crippen LogP contribution in [0.4, 0.5) is 5.69 Å². The van der Waals surface area contributed by atoms with Crippen molar-refractivity contribution in [2.75, 3.05) is 11.5 Å². The Hall–Kier alpha value is -4.46. The first-order valence-corrected chi connectivity index (χ1v) is 11.6. The molecule has 0 aliphatic carbocycles. The molecular weight excluding hydrogens is 460 g/mol. The fourth-order valence-corrected chi connectivity index (χ4v) is 4.03. The van der Waals surface area contributed by atoms with Crippen LogP contribution in [0.3, 0.4) is 0 Å². The van der Waals surface area contributed by atoms with E-state index in [9.17, 15) is 19.5 Å². The number of hydrogen-bond donors (Lipinski definition) is 1. The van der Waals surface area contributed by atoms with Gasteiger partial charge in [0.1, 0.15) is 11.5 Å². The van der Waals surface area contributed by atoms with E-state index in [4.69, 9.17) is 9.47 Å². The van der Waals surface area contributed by atoms with Crippen LogP contribution in [-0.2, 0) is 14.3 Å². The molecular formula is C28H26N2O6. The molecule has 1 fully saturated rings. The summed E-state index contributed by atoms with van der Waals surface area (Å²) < 4.78 is 10.7. The maximum absolute atomic E-state index is 13.2. The predicted octanol–water partition coefficient (Wildman–Crippen LogP) is 4.67. The molecule has 1 atom stereocenters. The fourth-order valence-electron chi connectivity index (χ4n) is 4.03. The summed E-state index contributed by atoms with van der Waals surface area (Å²) in [6.07, 6.45) is 2.83. The highest BCUT2D eigenvalue weighted by molar-refractivity contribution is 6.51. The number of amides is 1. The van der Waals surface area contributed by atoms with Gasteiger partial charge in [0.25, 0.3) is 11.7 Å². The molecule has 4 rings (SSSR count). The molecule has 1 aliphatic heterocycles. The quantitative estimate of drug-likeness (QED) is 0.224. The summed E-state index contributed by atoms with van der Waals surface area (Å²) in [6.45, 7) is 5.87. The van der Waals surface area contributed by atoms with Crippen LogP contribution < -0.4 is 9.64 Å². The predicted molar refractivity (Wildman–Crippen MR) is 134 cm³/mol. The Morgan fingerprint density at radius 3 is 2.17 bits per heavy atom. The van der Waals surface area contributed by atoms with Crippen LogP contribution in [0.1, 0.15) is 48.3 Å². The van der Waals surface area contributed by atoms with Crippen LogP contribution in [0, 0.1) is 0 Å². The Balaban J connectivity index is 1.79. The van der Waals surface area contributed by atoms with Gasteiger partial charge in [0.05, 0.1) is 29.9 Å². The number of aliphatic hydroxyl groups excluding tert-OH is 1. The number of anilines is 1. The Bertz CT molecular complexity index is 1300. The Labute approximate surface area is 208 Å². The summed E-state index contributed by atoms with van der Waals surface area (Å²) >= 11 is 0. The zero-order chi connectivity index (χ0) is 25.8. The smallest absolute Gasteiger partial charge is 0.338 e. The second-order valence-corrected chi connectivity index (χ2v) is 8.41. The van der Waals surface area contributed by atoms with E-state index in [-0.39, 0.29) is 17.4 Å². The number of rotatable bonds is 7. The van der Waals surface area contributed by atoms with E-state index in [0.29, 0.717) is 34.7 Å². The van der Waals surface area contributed by atoms with Gasteiger partial charge >= 0.3 is 5.97 Å². The van der Waals surface area contributed by atoms with Gasteiger partial charge in [-0.2, -0.15) is 0 Å². The zero-order valence-electron chi connectivity index (χ0n) is 20.2. The number of ether oxygens (including phenoxy) is 2. The first kappa shape index (κ1) is 24.7. The SMILES string of the molecule is CCOc1ccc(/C(O)=C2\C(=O)C(=O)N(c3ccc(C(=O)OC(C)C)cc3)C2c2ccncc2)cc1. The molecule has 1 unspecified atom stereocenters. The molecule has 1 aromatic heterocycles. The van der Waals surface area contributed by atoms with Crippen molar-refractivity contribution in [2.24, 2.45) is 0 Å². The molecule has 3 aromatic rings. The number of hydrogen-bond acceptors (Lipinski definition) is 7. The van der Waals surface area contributed by atoms with Gasteiger partial charge in [0.15, 0.2) is 0 Å². The van der Waals surface area contributed by atoms with Crippen molar-refractivity contribution in [2.45, 2.75) is 32.9 Å². The molecule has 8 heteroatoms. The summed E-state index contributed by atoms with van der Waals surface area (Å²) in [5, 5.41) is 11.2. The maximum Gasteiger partial charge on any atom is 0.338 e. The van der Waals surface area contributed by atoms with Gasteiger partial charge in [-0.15, -0.1) is 0 Å². The summed E-state index contributed by atoms with van der Waals surface area (Å²) in [7, 11) is 0. The lowest BCUT2D eigenvalue weighted by atomic mass is 9.95. The van der Waals surface area contributed by atoms with E-state index in [0.717, 1.165) is 0 Å². The molecule has 1 amide bonds. The van der Waals surface area contributed by atoms with E-state index in [2.05, 4.69) is 4.98 Å². The van der Waals surface area contributed by atoms with Crippen molar-refractivity contribution in [3.05, 3.63) is 95.3 Å². The van der Waals surface area contributed by atoms with Crippen LogP contribution >= 0.6 is 0 Å². The van der Waals surface area contributed by atoms with Crippen molar-refractivity contribution >= 4 is 29.1 Å². The number of carbonyl (C=O) groups excluding carboxylic acids is 3. The number of nitrogens with zero attached hydrogens (tertiary/aromatic N) is 2. The second kappa shape index (κ2) is 10.4. The van der Waals surface area contributed by atoms with Gasteiger partial charge in [0.2, 0.25) is 0 Å². The molecule has 8 nitrogen and oxygen atoms in total. The minimum Gasteiger partial charge on any atom is -0.507 e. The average Bonchev–Trinajstić information content (AvgIpc) is 3.15. The summed E-state index contributed by atoms with van der Waals surface area (Å²) in [4.78, 5) is 44.1. The third-order valence-corrected chi connectivity index (χ3v) is 5.63. The highest BCUT2D eigenvalue weighted by Gasteiger charge is 2.47. The topological polar surface area (TPSA) is 106 Å². The number of carbonyl (C=O) groups is 3. The minimum absolute atomic E-state index is 0.0429. The molecule has 36 heavy (non-hydrogen) atoms. The van der Waals surface area contributed by atoms with Gasteiger partial charge in [-0.25, -0.2) is 4.79 Å². The van der Waals surface area contributed by atoms with Crippen molar-refractivity contribution in [3.63, 3.8) is 0 Å². The normalized spacial score (nSPS) is 16.9. The van der Waals surface area contributed by atoms with Crippen LogP contribution in [-0.4, -0.2) is 40.5 Å². The summed E-state index contributed by atoms with van der Waals surface area (Å²) in [6, 6.07) is 15.3. The third kappa shape index (κ3) is 4.84. The van der Waals surface area contributed by atoms with Crippen molar-refractivity contribution in [1.29, 1.82) is 0 Å². The van der Waals surface area contributed by atoms with E-state index < -0.39 is 23.7 Å². The number of Topliss-reactive ketones (excluding diaryl/α,β-unsaturated/α-hetero) is 1. The number of pyridine rings is 1. The van der Waals surface area contributed by atoms with E-state index in [1.807, 2.05) is 6.92 Å². The second-order valence-electron chi connectivity index (χ2n) is 8.41. The fraction of sp³-hybridized carbons (Fsp3) is 0.214. The van der Waals surface area contributed by atoms with Crippen LogP contribution in [0.5, 0.6) is 5.75 Å². The Morgan fingerprint density at radius 2 is 1.58 bits per heavy atom. The standard InChI is InChI=1S/C28H26N2O6/c1-4-35-22-11-7-19(8-12-22)25(31)23-24(18-13-15-29-16-14-18)30(27(33)26(23)32)21-9-5-20(6-10-21)28(34)36-17(2)3/h5-17,24,31H,4H2,1-3H3/b25-23+. The molecule has 0 radical (unpaired) electrons. The highest BCUT2D eigenvalue weighted by Crippen LogP contribution is 2.42. The molecule has 0 saturated carbocycles. The first-order valence-electron chi connectivity index (χ1n) is 11.6. The van der Waals surface area contributed by atoms with E-state index in [1.165, 1.54) is 17.0 Å². The van der Waals surface area contributed by atoms with Crippen LogP contribution in [0.25, 0.3) is 5.76 Å². The Morgan fingerprint density at radius 1 is 0.972 bits per heavy atom. The minimum atomic E-state index is -0.895. The zero-order valence-corrected chi connectivity index (χ0v) is 20.2. The van der Waals surface area contributed by atoms with Crippen molar-refractivity contribution in [1.82, 2.24) is 4.98 Å². The Kier molecular flexibility index (Phi) is 7.15. The van der Waals surface area contributed by atoms with Gasteiger partial charge < -0.3 is 14.6 Å². The molecule has 2 heterocycles. The van der Waals surface area contributed by atoms with Gasteiger partial charge in [-0.05, 0) is 87.0 Å². The van der Waals surface area contributed by atoms with Crippen molar-refractivity contribution < 1.29 is 29.0 Å². The van der Waals surface area contributed by atoms with Crippen LogP contribution in [0.15, 0.2) is 78.6 Å². The monoisotopic (exact) mass is 486 g/mol. The lowest BCUT2D eigenvalue weighted by Gasteiger charge is -2.25. The molecule has 184 valence electrons. The number of benzene rings is 2. The average molecular weight is 487 g/mol. The lowest BCUT2D eigenvalue weighted by Crippen LogP contribution is -2.29. The van der Waals surface area contributed by atoms with Gasteiger partial charge in [-0.1, -0.05) is 0 Å². The largest absolute Gasteiger partial charge is 0.507 e. The molecule has 1 saturated heterocycles. The molecule has 1 N–H and O–H groups in total. The summed E-state index contributed by atoms with van der Waals surface area (Å²) in [5.74, 6) is -1.76. The maximum atomic E-state index is 13.2. The highest BCUT2D eigenvalue weighted by atomic mass is 16.5. The third-order valence-electron chi connectivity index (χ3n) is 5.63. The lowest BCUT2D eigenvalue weighted by molar-refractivity contribution is -0.132. The number of esters is 1. The number of ketones is 1. The van der Waals surface area contributed by atoms with E-state index >= 15 is 0 Å². The van der Waals surface area contributed by atoms with E-state index in [1.54, 1.807) is 74.8 Å². The first-order chi connectivity index (χ1) is 17.3. The molecule has 0 bridgehead atoms. The summed E-state index contributed by atoms with van der Waals surface area (Å²) in [5.41, 5.74) is 1.64. The number of aromatic nitrogens is 1. The van der Waals surface area contributed by atoms with Gasteiger partial charge in [-0.3, -0.25) is 19.5 Å².